The second-order valence-corrected chi connectivity index (χ2v) is 4.78. The molecule has 3 rings (SSSR count). The summed E-state index contributed by atoms with van der Waals surface area (Å²) in [7, 11) is 0. The maximum absolute atomic E-state index is 12.3. The monoisotopic (exact) mass is 232 g/mol. The van der Waals surface area contributed by atoms with Crippen molar-refractivity contribution in [2.24, 2.45) is 0 Å². The van der Waals surface area contributed by atoms with E-state index >= 15 is 0 Å². The summed E-state index contributed by atoms with van der Waals surface area (Å²) in [6.45, 7) is 0.728. The van der Waals surface area contributed by atoms with E-state index in [2.05, 4.69) is 4.98 Å². The van der Waals surface area contributed by atoms with Crippen molar-refractivity contribution >= 4 is 5.57 Å². The minimum atomic E-state index is 0.115. The predicted octanol–water partition coefficient (Wildman–Crippen LogP) is 1.81. The third-order valence-electron chi connectivity index (χ3n) is 3.71. The van der Waals surface area contributed by atoms with Gasteiger partial charge in [-0.05, 0) is 38.5 Å². The van der Waals surface area contributed by atoms with Gasteiger partial charge in [-0.15, -0.1) is 0 Å². The Morgan fingerprint density at radius 2 is 2.00 bits per heavy atom. The van der Waals surface area contributed by atoms with Crippen LogP contribution in [0.4, 0.5) is 0 Å². The van der Waals surface area contributed by atoms with E-state index in [1.807, 2.05) is 0 Å². The van der Waals surface area contributed by atoms with Gasteiger partial charge in [0, 0.05) is 17.7 Å². The Balaban J connectivity index is 2.25. The summed E-state index contributed by atoms with van der Waals surface area (Å²) in [5.74, 6) is 0.685. The fourth-order valence-electron chi connectivity index (χ4n) is 2.80. The van der Waals surface area contributed by atoms with Crippen LogP contribution < -0.4 is 5.56 Å². The Morgan fingerprint density at radius 3 is 2.82 bits per heavy atom. The van der Waals surface area contributed by atoms with Gasteiger partial charge < -0.3 is 5.11 Å². The summed E-state index contributed by atoms with van der Waals surface area (Å²) >= 11 is 0. The van der Waals surface area contributed by atoms with Crippen LogP contribution >= 0.6 is 0 Å². The highest BCUT2D eigenvalue weighted by molar-refractivity contribution is 5.60. The minimum absolute atomic E-state index is 0.115. The van der Waals surface area contributed by atoms with E-state index in [-0.39, 0.29) is 5.56 Å². The Morgan fingerprint density at radius 1 is 1.18 bits per heavy atom. The van der Waals surface area contributed by atoms with Gasteiger partial charge in [-0.2, -0.15) is 0 Å². The topological polar surface area (TPSA) is 55.1 Å². The van der Waals surface area contributed by atoms with Gasteiger partial charge in [0.1, 0.15) is 5.82 Å². The number of rotatable bonds is 0. The zero-order valence-corrected chi connectivity index (χ0v) is 9.78. The van der Waals surface area contributed by atoms with Crippen LogP contribution in [0.1, 0.15) is 42.8 Å². The van der Waals surface area contributed by atoms with Crippen molar-refractivity contribution in [2.75, 3.05) is 0 Å². The van der Waals surface area contributed by atoms with Crippen LogP contribution in [0.2, 0.25) is 0 Å². The molecule has 0 saturated carbocycles. The van der Waals surface area contributed by atoms with Gasteiger partial charge in [-0.3, -0.25) is 9.36 Å². The number of allylic oxidation sites excluding steroid dienone is 1. The second kappa shape index (κ2) is 4.02. The van der Waals surface area contributed by atoms with Crippen LogP contribution in [0.15, 0.2) is 11.1 Å². The molecule has 1 N–H and O–H groups in total. The number of aromatic nitrogens is 2. The largest absolute Gasteiger partial charge is 0.515 e. The molecule has 4 heteroatoms. The number of hydrogen-bond acceptors (Lipinski definition) is 3. The van der Waals surface area contributed by atoms with Gasteiger partial charge in [-0.25, -0.2) is 4.98 Å². The molecule has 1 aromatic rings. The Kier molecular flexibility index (Phi) is 2.50. The summed E-state index contributed by atoms with van der Waals surface area (Å²) in [6, 6.07) is 0. The van der Waals surface area contributed by atoms with Gasteiger partial charge in [0.2, 0.25) is 0 Å². The molecular formula is C13H16N2O2. The fraction of sp³-hybridized carbons (Fsp3) is 0.538. The van der Waals surface area contributed by atoms with Crippen LogP contribution in [0.5, 0.6) is 0 Å². The van der Waals surface area contributed by atoms with E-state index in [1.54, 1.807) is 4.57 Å². The maximum atomic E-state index is 12.3. The molecule has 90 valence electrons. The molecule has 0 fully saturated rings. The first kappa shape index (κ1) is 10.6. The molecule has 2 aliphatic rings. The molecule has 0 saturated heterocycles. The number of hydrogen-bond donors (Lipinski definition) is 1. The molecule has 0 unspecified atom stereocenters. The molecule has 1 aliphatic carbocycles. The molecule has 4 nitrogen and oxygen atoms in total. The minimum Gasteiger partial charge on any atom is -0.515 e. The van der Waals surface area contributed by atoms with Crippen LogP contribution in [-0.2, 0) is 19.4 Å². The van der Waals surface area contributed by atoms with Gasteiger partial charge in [0.05, 0.1) is 12.0 Å². The van der Waals surface area contributed by atoms with E-state index in [0.29, 0.717) is 5.82 Å². The summed E-state index contributed by atoms with van der Waals surface area (Å²) in [5, 5.41) is 9.22. The van der Waals surface area contributed by atoms with Crippen molar-refractivity contribution in [1.29, 1.82) is 0 Å². The lowest BCUT2D eigenvalue weighted by Gasteiger charge is -2.23. The Labute approximate surface area is 99.6 Å². The molecule has 0 spiro atoms. The van der Waals surface area contributed by atoms with Gasteiger partial charge in [0.15, 0.2) is 0 Å². The Hall–Kier alpha value is -1.58. The molecule has 0 amide bonds. The van der Waals surface area contributed by atoms with Gasteiger partial charge in [0.25, 0.3) is 5.56 Å². The highest BCUT2D eigenvalue weighted by Crippen LogP contribution is 2.25. The van der Waals surface area contributed by atoms with Crippen molar-refractivity contribution < 1.29 is 5.11 Å². The van der Waals surface area contributed by atoms with Gasteiger partial charge in [-0.1, -0.05) is 0 Å². The van der Waals surface area contributed by atoms with Crippen molar-refractivity contribution in [3.8, 4) is 0 Å². The third kappa shape index (κ3) is 1.59. The quantitative estimate of drug-likeness (QED) is 0.694. The molecule has 0 bridgehead atoms. The van der Waals surface area contributed by atoms with E-state index in [0.717, 1.165) is 68.2 Å². The lowest BCUT2D eigenvalue weighted by Crippen LogP contribution is -2.33. The third-order valence-corrected chi connectivity index (χ3v) is 3.71. The molecule has 0 radical (unpaired) electrons. The smallest absolute Gasteiger partial charge is 0.257 e. The van der Waals surface area contributed by atoms with Crippen molar-refractivity contribution in [3.05, 3.63) is 33.7 Å². The van der Waals surface area contributed by atoms with Crippen LogP contribution in [-0.4, -0.2) is 14.7 Å². The van der Waals surface area contributed by atoms with E-state index in [1.165, 1.54) is 0 Å². The standard InChI is InChI=1S/C13H16N2O2/c16-8-9-4-3-7-15-12(9)14-11-6-2-1-5-10(11)13(15)17/h8,16H,1-7H2/b9-8-. The lowest BCUT2D eigenvalue weighted by atomic mass is 9.96. The zero-order chi connectivity index (χ0) is 11.8. The van der Waals surface area contributed by atoms with Crippen LogP contribution in [0, 0.1) is 0 Å². The number of aliphatic hydroxyl groups is 1. The van der Waals surface area contributed by atoms with Crippen molar-refractivity contribution in [1.82, 2.24) is 9.55 Å². The molecule has 0 aromatic carbocycles. The normalized spacial score (nSPS) is 21.1. The van der Waals surface area contributed by atoms with Crippen LogP contribution in [0.25, 0.3) is 5.57 Å². The molecule has 17 heavy (non-hydrogen) atoms. The summed E-state index contributed by atoms with van der Waals surface area (Å²) in [4.78, 5) is 16.9. The fourth-order valence-corrected chi connectivity index (χ4v) is 2.80. The van der Waals surface area contributed by atoms with E-state index in [9.17, 15) is 9.90 Å². The average molecular weight is 232 g/mol. The van der Waals surface area contributed by atoms with E-state index in [4.69, 9.17) is 0 Å². The SMILES string of the molecule is O=c1c2c(nc3n1CCC/C3=C/O)CCCC2. The molecule has 1 aliphatic heterocycles. The predicted molar refractivity (Wildman–Crippen MR) is 65.0 cm³/mol. The first-order chi connectivity index (χ1) is 8.31. The zero-order valence-electron chi connectivity index (χ0n) is 9.78. The highest BCUT2D eigenvalue weighted by Gasteiger charge is 2.23. The number of aryl methyl sites for hydroxylation is 1. The second-order valence-electron chi connectivity index (χ2n) is 4.78. The first-order valence-corrected chi connectivity index (χ1v) is 6.27. The van der Waals surface area contributed by atoms with Crippen LogP contribution in [0.3, 0.4) is 0 Å². The molecule has 0 atom stereocenters. The molecule has 2 heterocycles. The van der Waals surface area contributed by atoms with Gasteiger partial charge >= 0.3 is 0 Å². The van der Waals surface area contributed by atoms with Crippen molar-refractivity contribution in [2.45, 2.75) is 45.1 Å². The number of aliphatic hydroxyl groups excluding tert-OH is 1. The molecule has 1 aromatic heterocycles. The average Bonchev–Trinajstić information content (AvgIpc) is 2.38. The molecular weight excluding hydrogens is 216 g/mol. The summed E-state index contributed by atoms with van der Waals surface area (Å²) in [6.07, 6.45) is 6.78. The number of fused-ring (bicyclic) bond motifs is 2. The Bertz CT molecular complexity index is 543. The summed E-state index contributed by atoms with van der Waals surface area (Å²) < 4.78 is 1.73. The lowest BCUT2D eigenvalue weighted by molar-refractivity contribution is 0.466. The highest BCUT2D eigenvalue weighted by atomic mass is 16.2. The number of nitrogens with zero attached hydrogens (tertiary/aromatic N) is 2. The first-order valence-electron chi connectivity index (χ1n) is 6.27. The summed E-state index contributed by atoms with van der Waals surface area (Å²) in [5.41, 5.74) is 2.76. The van der Waals surface area contributed by atoms with E-state index < -0.39 is 0 Å². The van der Waals surface area contributed by atoms with Crippen molar-refractivity contribution in [3.63, 3.8) is 0 Å². The maximum Gasteiger partial charge on any atom is 0.257 e.